The normalized spacial score (nSPS) is 10.7. The second-order valence-corrected chi connectivity index (χ2v) is 4.44. The Balaban J connectivity index is 2.35. The van der Waals surface area contributed by atoms with E-state index >= 15 is 0 Å². The highest BCUT2D eigenvalue weighted by Gasteiger charge is 2.12. The molecule has 0 unspecified atom stereocenters. The van der Waals surface area contributed by atoms with Crippen molar-refractivity contribution in [1.29, 1.82) is 0 Å². The molecule has 0 heterocycles. The Bertz CT molecular complexity index is 786. The lowest BCUT2D eigenvalue weighted by Crippen LogP contribution is -1.97. The molecule has 0 aromatic heterocycles. The largest absolute Gasteiger partial charge is 0.398 e. The smallest absolute Gasteiger partial charge is 0.292 e. The molecule has 8 heteroatoms. The second kappa shape index (κ2) is 5.92. The highest BCUT2D eigenvalue weighted by molar-refractivity contribution is 5.82. The van der Waals surface area contributed by atoms with E-state index in [-0.39, 0.29) is 22.7 Å². The maximum absolute atomic E-state index is 10.8. The van der Waals surface area contributed by atoms with Crippen LogP contribution in [0.25, 0.3) is 12.2 Å². The first-order chi connectivity index (χ1) is 10.4. The summed E-state index contributed by atoms with van der Waals surface area (Å²) in [6, 6.07) is 8.53. The van der Waals surface area contributed by atoms with Crippen molar-refractivity contribution >= 4 is 34.9 Å². The molecule has 2 aromatic carbocycles. The second-order valence-electron chi connectivity index (χ2n) is 4.44. The van der Waals surface area contributed by atoms with Crippen molar-refractivity contribution < 1.29 is 9.85 Å². The maximum Gasteiger partial charge on any atom is 0.292 e. The highest BCUT2D eigenvalue weighted by Crippen LogP contribution is 2.27. The average molecular weight is 300 g/mol. The first-order valence-electron chi connectivity index (χ1n) is 6.15. The van der Waals surface area contributed by atoms with Crippen molar-refractivity contribution in [2.75, 3.05) is 11.5 Å². The van der Waals surface area contributed by atoms with Crippen molar-refractivity contribution in [3.63, 3.8) is 0 Å². The summed E-state index contributed by atoms with van der Waals surface area (Å²) in [6.07, 6.45) is 3.16. The van der Waals surface area contributed by atoms with Gasteiger partial charge in [-0.1, -0.05) is 24.3 Å². The standard InChI is InChI=1S/C14H12N4O4/c15-12-8-11(17(19)20)7-6-9(12)4-5-10-2-1-3-13(14(10)16)18(21)22/h1-8H,15-16H2/b5-4+. The SMILES string of the molecule is Nc1cc([N+](=O)[O-])ccc1/C=C/c1cccc([N+](=O)[O-])c1N. The molecule has 0 bridgehead atoms. The predicted octanol–water partition coefficient (Wildman–Crippen LogP) is 2.84. The molecule has 0 spiro atoms. The number of rotatable bonds is 4. The predicted molar refractivity (Wildman–Crippen MR) is 83.9 cm³/mol. The molecule has 0 saturated heterocycles. The quantitative estimate of drug-likeness (QED) is 0.385. The molecule has 0 aliphatic carbocycles. The number of non-ortho nitro benzene ring substituents is 1. The van der Waals surface area contributed by atoms with E-state index in [4.69, 9.17) is 11.5 Å². The van der Waals surface area contributed by atoms with Crippen LogP contribution in [0.3, 0.4) is 0 Å². The zero-order valence-electron chi connectivity index (χ0n) is 11.3. The third-order valence-electron chi connectivity index (χ3n) is 3.04. The first kappa shape index (κ1) is 15.0. The monoisotopic (exact) mass is 300 g/mol. The van der Waals surface area contributed by atoms with Crippen LogP contribution in [0.15, 0.2) is 36.4 Å². The van der Waals surface area contributed by atoms with Gasteiger partial charge in [0.25, 0.3) is 11.4 Å². The summed E-state index contributed by atoms with van der Waals surface area (Å²) in [4.78, 5) is 20.4. The third kappa shape index (κ3) is 3.01. The first-order valence-corrected chi connectivity index (χ1v) is 6.15. The summed E-state index contributed by atoms with van der Waals surface area (Å²) < 4.78 is 0. The number of para-hydroxylation sites is 1. The van der Waals surface area contributed by atoms with Gasteiger partial charge in [0.1, 0.15) is 5.69 Å². The number of nitrogen functional groups attached to an aromatic ring is 2. The number of nitrogens with zero attached hydrogens (tertiary/aromatic N) is 2. The zero-order chi connectivity index (χ0) is 16.3. The van der Waals surface area contributed by atoms with Gasteiger partial charge in [-0.2, -0.15) is 0 Å². The molecule has 0 amide bonds. The zero-order valence-corrected chi connectivity index (χ0v) is 11.3. The van der Waals surface area contributed by atoms with Crippen molar-refractivity contribution in [3.05, 3.63) is 67.8 Å². The molecule has 112 valence electrons. The molecule has 0 saturated carbocycles. The average Bonchev–Trinajstić information content (AvgIpc) is 2.46. The summed E-state index contributed by atoms with van der Waals surface area (Å²) >= 11 is 0. The Hall–Kier alpha value is -3.42. The van der Waals surface area contributed by atoms with E-state index in [2.05, 4.69) is 0 Å². The number of nitrogens with two attached hydrogens (primary N) is 2. The van der Waals surface area contributed by atoms with Gasteiger partial charge in [-0.05, 0) is 11.6 Å². The van der Waals surface area contributed by atoms with Crippen molar-refractivity contribution in [2.24, 2.45) is 0 Å². The lowest BCUT2D eigenvalue weighted by Gasteiger charge is -2.03. The van der Waals surface area contributed by atoms with Crippen LogP contribution in [0.5, 0.6) is 0 Å². The van der Waals surface area contributed by atoms with Crippen LogP contribution >= 0.6 is 0 Å². The van der Waals surface area contributed by atoms with Gasteiger partial charge in [0, 0.05) is 29.4 Å². The van der Waals surface area contributed by atoms with E-state index < -0.39 is 9.85 Å². The summed E-state index contributed by atoms with van der Waals surface area (Å²) in [5, 5.41) is 21.5. The van der Waals surface area contributed by atoms with Gasteiger partial charge in [0.05, 0.1) is 9.85 Å². The number of anilines is 2. The molecule has 4 N–H and O–H groups in total. The van der Waals surface area contributed by atoms with Gasteiger partial charge in [-0.25, -0.2) is 0 Å². The van der Waals surface area contributed by atoms with Gasteiger partial charge < -0.3 is 11.5 Å². The van der Waals surface area contributed by atoms with E-state index in [0.29, 0.717) is 11.1 Å². The van der Waals surface area contributed by atoms with Crippen LogP contribution in [0.2, 0.25) is 0 Å². The van der Waals surface area contributed by atoms with E-state index in [1.807, 2.05) is 0 Å². The lowest BCUT2D eigenvalue weighted by atomic mass is 10.1. The number of benzene rings is 2. The van der Waals surface area contributed by atoms with Gasteiger partial charge in [-0.15, -0.1) is 0 Å². The molecule has 2 aromatic rings. The maximum atomic E-state index is 10.8. The van der Waals surface area contributed by atoms with E-state index in [0.717, 1.165) is 0 Å². The Morgan fingerprint density at radius 2 is 1.59 bits per heavy atom. The van der Waals surface area contributed by atoms with Crippen molar-refractivity contribution in [2.45, 2.75) is 0 Å². The molecule has 0 radical (unpaired) electrons. The topological polar surface area (TPSA) is 138 Å². The number of nitro groups is 2. The minimum absolute atomic E-state index is 0.0456. The van der Waals surface area contributed by atoms with Crippen molar-refractivity contribution in [3.8, 4) is 0 Å². The number of hydrogen-bond donors (Lipinski definition) is 2. The fourth-order valence-electron chi connectivity index (χ4n) is 1.88. The molecule has 0 fully saturated rings. The summed E-state index contributed by atoms with van der Waals surface area (Å²) in [7, 11) is 0. The Labute approximate surface area is 125 Å². The lowest BCUT2D eigenvalue weighted by molar-refractivity contribution is -0.384. The highest BCUT2D eigenvalue weighted by atomic mass is 16.6. The van der Waals surface area contributed by atoms with Gasteiger partial charge in [0.15, 0.2) is 0 Å². The molecule has 0 atom stereocenters. The van der Waals surface area contributed by atoms with Crippen LogP contribution in [0.1, 0.15) is 11.1 Å². The van der Waals surface area contributed by atoms with Crippen molar-refractivity contribution in [1.82, 2.24) is 0 Å². The van der Waals surface area contributed by atoms with E-state index in [1.54, 1.807) is 18.2 Å². The molecule has 8 nitrogen and oxygen atoms in total. The van der Waals surface area contributed by atoms with Crippen LogP contribution in [-0.4, -0.2) is 9.85 Å². The summed E-state index contributed by atoms with van der Waals surface area (Å²) in [5.41, 5.74) is 12.5. The molecule has 22 heavy (non-hydrogen) atoms. The number of nitro benzene ring substituents is 2. The van der Waals surface area contributed by atoms with Gasteiger partial charge >= 0.3 is 0 Å². The fraction of sp³-hybridized carbons (Fsp3) is 0. The summed E-state index contributed by atoms with van der Waals surface area (Å²) in [5.74, 6) is 0. The van der Waals surface area contributed by atoms with Crippen LogP contribution in [0.4, 0.5) is 22.7 Å². The van der Waals surface area contributed by atoms with Gasteiger partial charge in [0.2, 0.25) is 0 Å². The Kier molecular flexibility index (Phi) is 4.03. The van der Waals surface area contributed by atoms with Crippen LogP contribution in [-0.2, 0) is 0 Å². The molecular formula is C14H12N4O4. The molecular weight excluding hydrogens is 288 g/mol. The fourth-order valence-corrected chi connectivity index (χ4v) is 1.88. The minimum Gasteiger partial charge on any atom is -0.398 e. The molecule has 2 rings (SSSR count). The minimum atomic E-state index is -0.563. The van der Waals surface area contributed by atoms with Crippen LogP contribution in [0, 0.1) is 20.2 Å². The van der Waals surface area contributed by atoms with E-state index in [1.165, 1.54) is 30.3 Å². The number of hydrogen-bond acceptors (Lipinski definition) is 6. The van der Waals surface area contributed by atoms with Gasteiger partial charge in [-0.3, -0.25) is 20.2 Å². The van der Waals surface area contributed by atoms with Crippen LogP contribution < -0.4 is 11.5 Å². The van der Waals surface area contributed by atoms with E-state index in [9.17, 15) is 20.2 Å². The Morgan fingerprint density at radius 1 is 0.909 bits per heavy atom. The molecule has 0 aliphatic rings. The third-order valence-corrected chi connectivity index (χ3v) is 3.04. The summed E-state index contributed by atoms with van der Waals surface area (Å²) in [6.45, 7) is 0. The Morgan fingerprint density at radius 3 is 2.18 bits per heavy atom. The molecule has 0 aliphatic heterocycles.